The number of hydrogen-bond donors (Lipinski definition) is 1. The second kappa shape index (κ2) is 11.5. The predicted octanol–water partition coefficient (Wildman–Crippen LogP) is 3.24. The van der Waals surface area contributed by atoms with Crippen molar-refractivity contribution in [3.8, 4) is 11.1 Å². The van der Waals surface area contributed by atoms with Gasteiger partial charge in [-0.3, -0.25) is 28.8 Å². The number of fused-ring (bicyclic) bond motifs is 1. The number of likely N-dealkylation sites (tertiary alicyclic amines) is 1. The summed E-state index contributed by atoms with van der Waals surface area (Å²) in [5, 5.41) is 2.35. The molecule has 6 rings (SSSR count). The minimum Gasteiger partial charge on any atom is -0.357 e. The molecule has 3 aliphatic heterocycles. The van der Waals surface area contributed by atoms with E-state index in [1.165, 1.54) is 30.3 Å². The first-order valence-corrected chi connectivity index (χ1v) is 14.9. The number of carbonyl (C=O) groups excluding carboxylic acids is 3. The van der Waals surface area contributed by atoms with Gasteiger partial charge in [0.15, 0.2) is 0 Å². The highest BCUT2D eigenvalue weighted by Gasteiger charge is 2.31. The first-order chi connectivity index (χ1) is 19.9. The van der Waals surface area contributed by atoms with Crippen LogP contribution in [0.1, 0.15) is 57.4 Å². The first-order valence-electron chi connectivity index (χ1n) is 14.9. The van der Waals surface area contributed by atoms with Gasteiger partial charge >= 0.3 is 5.69 Å². The second-order valence-corrected chi connectivity index (χ2v) is 11.9. The molecule has 216 valence electrons. The molecular formula is C31H38N6O4. The van der Waals surface area contributed by atoms with E-state index >= 15 is 0 Å². The smallest absolute Gasteiger partial charge is 0.329 e. The molecule has 0 saturated carbocycles. The van der Waals surface area contributed by atoms with E-state index in [9.17, 15) is 19.2 Å². The van der Waals surface area contributed by atoms with Gasteiger partial charge in [0.1, 0.15) is 11.9 Å². The van der Waals surface area contributed by atoms with Crippen molar-refractivity contribution < 1.29 is 14.4 Å². The van der Waals surface area contributed by atoms with Crippen LogP contribution in [0.4, 0.5) is 5.82 Å². The fourth-order valence-corrected chi connectivity index (χ4v) is 6.79. The molecule has 5 heterocycles. The normalized spacial score (nSPS) is 21.0. The zero-order valence-electron chi connectivity index (χ0n) is 23.6. The summed E-state index contributed by atoms with van der Waals surface area (Å²) < 4.78 is 3.06. The van der Waals surface area contributed by atoms with Crippen LogP contribution in [-0.2, 0) is 21.4 Å². The van der Waals surface area contributed by atoms with Crippen molar-refractivity contribution >= 4 is 35.1 Å². The minimum atomic E-state index is -0.693. The predicted molar refractivity (Wildman–Crippen MR) is 156 cm³/mol. The molecule has 3 fully saturated rings. The Morgan fingerprint density at radius 3 is 2.20 bits per heavy atom. The lowest BCUT2D eigenvalue weighted by atomic mass is 9.85. The summed E-state index contributed by atoms with van der Waals surface area (Å²) in [7, 11) is 1.71. The summed E-state index contributed by atoms with van der Waals surface area (Å²) in [4.78, 5) is 57.1. The molecule has 3 saturated heterocycles. The number of piperidine rings is 3. The molecule has 10 heteroatoms. The lowest BCUT2D eigenvalue weighted by Crippen LogP contribution is -2.44. The van der Waals surface area contributed by atoms with Gasteiger partial charge in [-0.1, -0.05) is 18.9 Å². The van der Waals surface area contributed by atoms with Crippen molar-refractivity contribution in [2.75, 3.05) is 31.1 Å². The molecule has 3 aliphatic rings. The van der Waals surface area contributed by atoms with E-state index in [2.05, 4.69) is 22.3 Å². The van der Waals surface area contributed by atoms with E-state index < -0.39 is 11.9 Å². The topological polar surface area (TPSA) is 110 Å². The number of rotatable bonds is 7. The Morgan fingerprint density at radius 1 is 0.878 bits per heavy atom. The number of nitrogens with one attached hydrogen (secondary N) is 1. The van der Waals surface area contributed by atoms with Gasteiger partial charge in [-0.25, -0.2) is 9.78 Å². The molecule has 1 aromatic carbocycles. The maximum atomic E-state index is 13.1. The van der Waals surface area contributed by atoms with Crippen molar-refractivity contribution in [3.05, 3.63) is 47.0 Å². The second-order valence-electron chi connectivity index (χ2n) is 11.9. The highest BCUT2D eigenvalue weighted by Crippen LogP contribution is 2.31. The van der Waals surface area contributed by atoms with E-state index in [0.29, 0.717) is 11.9 Å². The SMILES string of the molecule is Cn1c(=O)n(C2CCC(=O)NC2=O)c2ccc(-c3ccc(N4CCC(CCC5CCN(C=O)CC5)CC4)nc3)cc21. The number of amides is 3. The number of carbonyl (C=O) groups is 3. The Balaban J connectivity index is 1.09. The zero-order valence-corrected chi connectivity index (χ0v) is 23.6. The molecular weight excluding hydrogens is 520 g/mol. The minimum absolute atomic E-state index is 0.218. The maximum absolute atomic E-state index is 13.1. The van der Waals surface area contributed by atoms with Gasteiger partial charge < -0.3 is 9.80 Å². The van der Waals surface area contributed by atoms with Crippen molar-refractivity contribution in [2.45, 2.75) is 57.4 Å². The average molecular weight is 559 g/mol. The van der Waals surface area contributed by atoms with Crippen LogP contribution >= 0.6 is 0 Å². The zero-order chi connectivity index (χ0) is 28.5. The molecule has 10 nitrogen and oxygen atoms in total. The molecule has 3 aromatic rings. The summed E-state index contributed by atoms with van der Waals surface area (Å²) in [5.74, 6) is 1.79. The Hall–Kier alpha value is -3.95. The van der Waals surface area contributed by atoms with E-state index in [0.717, 1.165) is 79.7 Å². The van der Waals surface area contributed by atoms with E-state index in [1.807, 2.05) is 29.3 Å². The van der Waals surface area contributed by atoms with Crippen molar-refractivity contribution in [1.29, 1.82) is 0 Å². The fraction of sp³-hybridized carbons (Fsp3) is 0.516. The largest absolute Gasteiger partial charge is 0.357 e. The number of anilines is 1. The van der Waals surface area contributed by atoms with Gasteiger partial charge in [-0.05, 0) is 73.8 Å². The van der Waals surface area contributed by atoms with Crippen LogP contribution in [0.5, 0.6) is 0 Å². The van der Waals surface area contributed by atoms with Crippen LogP contribution in [-0.4, -0.2) is 63.4 Å². The number of aryl methyl sites for hydroxylation is 1. The van der Waals surface area contributed by atoms with Gasteiger partial charge in [-0.2, -0.15) is 0 Å². The highest BCUT2D eigenvalue weighted by atomic mass is 16.2. The molecule has 41 heavy (non-hydrogen) atoms. The van der Waals surface area contributed by atoms with Gasteiger partial charge in [0.2, 0.25) is 18.2 Å². The monoisotopic (exact) mass is 558 g/mol. The molecule has 1 unspecified atom stereocenters. The standard InChI is InChI=1S/C31H38N6O4/c1-34-27-18-23(4-6-25(27)37(31(34)41)26-7-9-29(39)33-30(26)40)24-5-8-28(32-19-24)36-16-12-22(13-17-36)3-2-21-10-14-35(20-38)15-11-21/h4-6,8,18-22,26H,2-3,7,9-17H2,1H3,(H,33,39,40). The van der Waals surface area contributed by atoms with Crippen LogP contribution in [0.15, 0.2) is 41.3 Å². The number of benzene rings is 1. The summed E-state index contributed by atoms with van der Waals surface area (Å²) in [5.41, 5.74) is 3.05. The summed E-state index contributed by atoms with van der Waals surface area (Å²) in [6.07, 6.45) is 10.6. The quantitative estimate of drug-likeness (QED) is 0.352. The average Bonchev–Trinajstić information content (AvgIpc) is 3.25. The Labute approximate surface area is 239 Å². The number of pyridine rings is 1. The first kappa shape index (κ1) is 27.2. The summed E-state index contributed by atoms with van der Waals surface area (Å²) >= 11 is 0. The molecule has 0 aliphatic carbocycles. The van der Waals surface area contributed by atoms with Crippen molar-refractivity contribution in [1.82, 2.24) is 24.3 Å². The van der Waals surface area contributed by atoms with Crippen molar-refractivity contribution in [2.24, 2.45) is 18.9 Å². The molecule has 1 N–H and O–H groups in total. The third-order valence-corrected chi connectivity index (χ3v) is 9.41. The molecule has 2 aromatic heterocycles. The van der Waals surface area contributed by atoms with Crippen molar-refractivity contribution in [3.63, 3.8) is 0 Å². The molecule has 3 amide bonds. The fourth-order valence-electron chi connectivity index (χ4n) is 6.79. The lowest BCUT2D eigenvalue weighted by molar-refractivity contribution is -0.135. The van der Waals surface area contributed by atoms with Crippen LogP contribution < -0.4 is 15.9 Å². The van der Waals surface area contributed by atoms with E-state index in [-0.39, 0.29) is 18.0 Å². The molecule has 0 bridgehead atoms. The molecule has 0 spiro atoms. The highest BCUT2D eigenvalue weighted by molar-refractivity contribution is 6.00. The third-order valence-electron chi connectivity index (χ3n) is 9.41. The lowest BCUT2D eigenvalue weighted by Gasteiger charge is -2.34. The molecule has 0 radical (unpaired) electrons. The number of imidazole rings is 1. The van der Waals surface area contributed by atoms with Crippen LogP contribution in [0.25, 0.3) is 22.2 Å². The summed E-state index contributed by atoms with van der Waals surface area (Å²) in [6.45, 7) is 3.86. The number of nitrogens with zero attached hydrogens (tertiary/aromatic N) is 5. The van der Waals surface area contributed by atoms with Gasteiger partial charge in [-0.15, -0.1) is 0 Å². The number of imide groups is 1. The van der Waals surface area contributed by atoms with Crippen LogP contribution in [0.3, 0.4) is 0 Å². The van der Waals surface area contributed by atoms with Gasteiger partial charge in [0.25, 0.3) is 0 Å². The number of aromatic nitrogens is 3. The molecule has 1 atom stereocenters. The number of hydrogen-bond acceptors (Lipinski definition) is 6. The van der Waals surface area contributed by atoms with Crippen LogP contribution in [0, 0.1) is 11.8 Å². The van der Waals surface area contributed by atoms with E-state index in [1.54, 1.807) is 11.6 Å². The van der Waals surface area contributed by atoms with Crippen LogP contribution in [0.2, 0.25) is 0 Å². The Morgan fingerprint density at radius 2 is 1.56 bits per heavy atom. The van der Waals surface area contributed by atoms with Gasteiger partial charge in [0, 0.05) is 51.4 Å². The Kier molecular flexibility index (Phi) is 7.64. The third kappa shape index (κ3) is 5.52. The summed E-state index contributed by atoms with van der Waals surface area (Å²) in [6, 6.07) is 9.26. The van der Waals surface area contributed by atoms with Gasteiger partial charge in [0.05, 0.1) is 11.0 Å². The van der Waals surface area contributed by atoms with E-state index in [4.69, 9.17) is 4.98 Å². The maximum Gasteiger partial charge on any atom is 0.329 e. The Bertz CT molecular complexity index is 1490.